The zero-order chi connectivity index (χ0) is 14.3. The van der Waals surface area contributed by atoms with Gasteiger partial charge in [0.05, 0.1) is 6.10 Å². The second-order valence-electron chi connectivity index (χ2n) is 4.19. The predicted molar refractivity (Wildman–Crippen MR) is 79.4 cm³/mol. The van der Waals surface area contributed by atoms with Gasteiger partial charge in [-0.3, -0.25) is 4.79 Å². The topological polar surface area (TPSA) is 49.3 Å². The predicted octanol–water partition coefficient (Wildman–Crippen LogP) is 3.28. The van der Waals surface area contributed by atoms with Crippen molar-refractivity contribution in [3.05, 3.63) is 39.9 Å². The number of carbonyl (C=O) groups excluding carboxylic acids is 1. The number of hydrogen-bond acceptors (Lipinski definition) is 2. The van der Waals surface area contributed by atoms with Crippen molar-refractivity contribution in [1.29, 1.82) is 0 Å². The third kappa shape index (κ3) is 6.10. The van der Waals surface area contributed by atoms with E-state index < -0.39 is 6.10 Å². The normalized spacial score (nSPS) is 12.6. The van der Waals surface area contributed by atoms with Gasteiger partial charge in [0.1, 0.15) is 0 Å². The molecule has 0 fully saturated rings. The average molecular weight is 302 g/mol. The number of halogens is 2. The Labute approximate surface area is 123 Å². The Kier molecular flexibility index (Phi) is 6.92. The summed E-state index contributed by atoms with van der Waals surface area (Å²) in [5.74, 6) is -0.263. The minimum Gasteiger partial charge on any atom is -0.391 e. The Hall–Kier alpha value is -1.03. The van der Waals surface area contributed by atoms with Gasteiger partial charge < -0.3 is 10.4 Å². The van der Waals surface area contributed by atoms with E-state index in [9.17, 15) is 9.90 Å². The maximum absolute atomic E-state index is 11.5. The molecular formula is C14H17Cl2NO2. The maximum Gasteiger partial charge on any atom is 0.244 e. The number of nitrogens with one attached hydrogen (secondary N) is 1. The molecule has 1 aromatic rings. The number of aliphatic hydroxyl groups excluding tert-OH is 1. The van der Waals surface area contributed by atoms with E-state index in [0.717, 1.165) is 12.0 Å². The lowest BCUT2D eigenvalue weighted by atomic mass is 10.2. The van der Waals surface area contributed by atoms with E-state index >= 15 is 0 Å². The van der Waals surface area contributed by atoms with Crippen molar-refractivity contribution in [3.63, 3.8) is 0 Å². The van der Waals surface area contributed by atoms with Crippen molar-refractivity contribution in [2.45, 2.75) is 25.9 Å². The SMILES string of the molecule is CCCC(O)CNC(=O)/C=C/c1ccc(Cl)cc1Cl. The van der Waals surface area contributed by atoms with Gasteiger partial charge in [0, 0.05) is 22.7 Å². The van der Waals surface area contributed by atoms with E-state index in [1.165, 1.54) is 6.08 Å². The number of rotatable bonds is 6. The second kappa shape index (κ2) is 8.20. The minimum atomic E-state index is -0.499. The monoisotopic (exact) mass is 301 g/mol. The van der Waals surface area contributed by atoms with E-state index in [0.29, 0.717) is 16.5 Å². The van der Waals surface area contributed by atoms with Crippen molar-refractivity contribution in [2.75, 3.05) is 6.54 Å². The first-order valence-corrected chi connectivity index (χ1v) is 6.87. The molecule has 1 atom stereocenters. The van der Waals surface area contributed by atoms with E-state index in [1.54, 1.807) is 24.3 Å². The lowest BCUT2D eigenvalue weighted by molar-refractivity contribution is -0.116. The number of hydrogen-bond donors (Lipinski definition) is 2. The zero-order valence-corrected chi connectivity index (χ0v) is 12.2. The Balaban J connectivity index is 2.49. The van der Waals surface area contributed by atoms with Crippen LogP contribution in [0.4, 0.5) is 0 Å². The summed E-state index contributed by atoms with van der Waals surface area (Å²) in [5, 5.41) is 13.1. The standard InChI is InChI=1S/C14H17Cl2NO2/c1-2-3-12(18)9-17-14(19)7-5-10-4-6-11(15)8-13(10)16/h4-8,12,18H,2-3,9H2,1H3,(H,17,19)/b7-5+. The highest BCUT2D eigenvalue weighted by Crippen LogP contribution is 2.21. The van der Waals surface area contributed by atoms with Gasteiger partial charge >= 0.3 is 0 Å². The fourth-order valence-electron chi connectivity index (χ4n) is 1.51. The van der Waals surface area contributed by atoms with Crippen molar-refractivity contribution >= 4 is 35.2 Å². The van der Waals surface area contributed by atoms with Crippen LogP contribution < -0.4 is 5.32 Å². The smallest absolute Gasteiger partial charge is 0.244 e. The lowest BCUT2D eigenvalue weighted by Gasteiger charge is -2.08. The summed E-state index contributed by atoms with van der Waals surface area (Å²) >= 11 is 11.8. The molecule has 1 unspecified atom stereocenters. The molecule has 0 aliphatic heterocycles. The van der Waals surface area contributed by atoms with Crippen LogP contribution in [0.1, 0.15) is 25.3 Å². The molecule has 1 amide bonds. The van der Waals surface area contributed by atoms with E-state index in [4.69, 9.17) is 23.2 Å². The first kappa shape index (κ1) is 16.0. The van der Waals surface area contributed by atoms with E-state index in [1.807, 2.05) is 6.92 Å². The van der Waals surface area contributed by atoms with Gasteiger partial charge in [0.15, 0.2) is 0 Å². The quantitative estimate of drug-likeness (QED) is 0.792. The summed E-state index contributed by atoms with van der Waals surface area (Å²) in [5.41, 5.74) is 0.718. The van der Waals surface area contributed by atoms with Gasteiger partial charge in [-0.1, -0.05) is 42.6 Å². The van der Waals surface area contributed by atoms with Crippen molar-refractivity contribution in [3.8, 4) is 0 Å². The molecule has 3 nitrogen and oxygen atoms in total. The summed E-state index contributed by atoms with van der Waals surface area (Å²) < 4.78 is 0. The molecule has 1 rings (SSSR count). The summed E-state index contributed by atoms with van der Waals surface area (Å²) in [6.07, 6.45) is 4.05. The highest BCUT2D eigenvalue weighted by atomic mass is 35.5. The van der Waals surface area contributed by atoms with E-state index in [2.05, 4.69) is 5.32 Å². The Morgan fingerprint density at radius 1 is 1.47 bits per heavy atom. The Morgan fingerprint density at radius 3 is 2.84 bits per heavy atom. The molecule has 0 aliphatic rings. The van der Waals surface area contributed by atoms with Crippen molar-refractivity contribution < 1.29 is 9.90 Å². The van der Waals surface area contributed by atoms with Crippen LogP contribution in [0.2, 0.25) is 10.0 Å². The third-order valence-electron chi connectivity index (χ3n) is 2.51. The van der Waals surface area contributed by atoms with Gasteiger partial charge in [-0.2, -0.15) is 0 Å². The number of benzene rings is 1. The van der Waals surface area contributed by atoms with Gasteiger partial charge in [0.2, 0.25) is 5.91 Å². The average Bonchev–Trinajstić information content (AvgIpc) is 2.35. The van der Waals surface area contributed by atoms with Crippen molar-refractivity contribution in [2.24, 2.45) is 0 Å². The molecule has 5 heteroatoms. The van der Waals surface area contributed by atoms with Crippen LogP contribution in [0.25, 0.3) is 6.08 Å². The van der Waals surface area contributed by atoms with Gasteiger partial charge in [-0.15, -0.1) is 0 Å². The van der Waals surface area contributed by atoms with Gasteiger partial charge in [0.25, 0.3) is 0 Å². The van der Waals surface area contributed by atoms with Crippen molar-refractivity contribution in [1.82, 2.24) is 5.32 Å². The highest BCUT2D eigenvalue weighted by Gasteiger charge is 2.04. The molecule has 0 spiro atoms. The molecule has 0 saturated carbocycles. The fourth-order valence-corrected chi connectivity index (χ4v) is 1.99. The second-order valence-corrected chi connectivity index (χ2v) is 5.03. The number of amides is 1. The summed E-state index contributed by atoms with van der Waals surface area (Å²) in [4.78, 5) is 11.5. The summed E-state index contributed by atoms with van der Waals surface area (Å²) in [6, 6.07) is 5.06. The van der Waals surface area contributed by atoms with Crippen LogP contribution in [-0.2, 0) is 4.79 Å². The van der Waals surface area contributed by atoms with Crippen LogP contribution in [0.5, 0.6) is 0 Å². The molecule has 0 radical (unpaired) electrons. The first-order chi connectivity index (χ1) is 9.02. The number of carbonyl (C=O) groups is 1. The van der Waals surface area contributed by atoms with Gasteiger partial charge in [-0.05, 0) is 30.2 Å². The number of aliphatic hydroxyl groups is 1. The first-order valence-electron chi connectivity index (χ1n) is 6.12. The zero-order valence-electron chi connectivity index (χ0n) is 10.7. The molecule has 0 aromatic heterocycles. The van der Waals surface area contributed by atoms with Crippen LogP contribution in [0, 0.1) is 0 Å². The molecular weight excluding hydrogens is 285 g/mol. The molecule has 1 aromatic carbocycles. The van der Waals surface area contributed by atoms with E-state index in [-0.39, 0.29) is 12.5 Å². The van der Waals surface area contributed by atoms with Gasteiger partial charge in [-0.25, -0.2) is 0 Å². The van der Waals surface area contributed by atoms with Crippen LogP contribution >= 0.6 is 23.2 Å². The Bertz CT molecular complexity index is 461. The maximum atomic E-state index is 11.5. The Morgan fingerprint density at radius 2 is 2.21 bits per heavy atom. The highest BCUT2D eigenvalue weighted by molar-refractivity contribution is 6.35. The molecule has 104 valence electrons. The molecule has 0 aliphatic carbocycles. The lowest BCUT2D eigenvalue weighted by Crippen LogP contribution is -2.30. The molecule has 0 bridgehead atoms. The minimum absolute atomic E-state index is 0.255. The summed E-state index contributed by atoms with van der Waals surface area (Å²) in [6.45, 7) is 2.23. The van der Waals surface area contributed by atoms with Crippen LogP contribution in [-0.4, -0.2) is 23.7 Å². The molecule has 2 N–H and O–H groups in total. The third-order valence-corrected chi connectivity index (χ3v) is 3.07. The largest absolute Gasteiger partial charge is 0.391 e. The van der Waals surface area contributed by atoms with Crippen LogP contribution in [0.3, 0.4) is 0 Å². The molecule has 19 heavy (non-hydrogen) atoms. The molecule has 0 heterocycles. The van der Waals surface area contributed by atoms with Crippen LogP contribution in [0.15, 0.2) is 24.3 Å². The summed E-state index contributed by atoms with van der Waals surface area (Å²) in [7, 11) is 0. The molecule has 0 saturated heterocycles. The fraction of sp³-hybridized carbons (Fsp3) is 0.357.